The Kier molecular flexibility index (Phi) is 7.13. The number of hydrogen-bond donors (Lipinski definition) is 4. The van der Waals surface area contributed by atoms with Crippen LogP contribution in [0.4, 0.5) is 11.4 Å². The summed E-state index contributed by atoms with van der Waals surface area (Å²) >= 11 is 0. The number of nitrogens with two attached hydrogens (primary N) is 1. The van der Waals surface area contributed by atoms with Crippen LogP contribution in [-0.2, 0) is 19.5 Å². The summed E-state index contributed by atoms with van der Waals surface area (Å²) in [6.07, 6.45) is 2.16. The second-order valence-corrected chi connectivity index (χ2v) is 10.6. The van der Waals surface area contributed by atoms with Gasteiger partial charge in [-0.3, -0.25) is 19.2 Å². The molecule has 0 saturated heterocycles. The Labute approximate surface area is 249 Å². The van der Waals surface area contributed by atoms with Crippen molar-refractivity contribution < 1.29 is 19.5 Å². The van der Waals surface area contributed by atoms with Gasteiger partial charge in [0.1, 0.15) is 22.8 Å². The van der Waals surface area contributed by atoms with Gasteiger partial charge in [-0.25, -0.2) is 14.3 Å². The van der Waals surface area contributed by atoms with Crippen LogP contribution in [0.1, 0.15) is 66.6 Å². The molecule has 0 aliphatic carbocycles. The normalized spacial score (nSPS) is 13.4. The lowest BCUT2D eigenvalue weighted by molar-refractivity contribution is 0.0696. The summed E-state index contributed by atoms with van der Waals surface area (Å²) in [4.78, 5) is 67.4. The molecule has 13 heteroatoms. The molecule has 2 amide bonds. The first kappa shape index (κ1) is 28.3. The van der Waals surface area contributed by atoms with Crippen LogP contribution in [0.3, 0.4) is 0 Å². The Bertz CT molecular complexity index is 2020. The van der Waals surface area contributed by atoms with Crippen LogP contribution < -0.4 is 32.1 Å². The maximum absolute atomic E-state index is 13.3. The highest BCUT2D eigenvalue weighted by molar-refractivity contribution is 5.98. The number of rotatable bonds is 8. The molecule has 3 heterocycles. The average Bonchev–Trinajstić information content (AvgIpc) is 3.51. The smallest absolute Gasteiger partial charge is 0.335 e. The molecule has 2 aromatic heterocycles. The topological polar surface area (TPSA) is 189 Å². The highest BCUT2D eigenvalue weighted by Crippen LogP contribution is 2.26. The fraction of sp³-hybridized carbons (Fsp3) is 0.194. The molecule has 0 radical (unpaired) electrons. The second-order valence-electron chi connectivity index (χ2n) is 10.6. The van der Waals surface area contributed by atoms with Crippen molar-refractivity contribution in [1.82, 2.24) is 25.2 Å². The van der Waals surface area contributed by atoms with E-state index in [0.29, 0.717) is 30.7 Å². The molecule has 5 aromatic rings. The van der Waals surface area contributed by atoms with Crippen molar-refractivity contribution in [3.63, 3.8) is 0 Å². The summed E-state index contributed by atoms with van der Waals surface area (Å²) in [7, 11) is 0. The number of aromatic nitrogens is 3. The molecule has 5 N–H and O–H groups in total. The van der Waals surface area contributed by atoms with Gasteiger partial charge in [0, 0.05) is 31.8 Å². The lowest BCUT2D eigenvalue weighted by Gasteiger charge is -2.32. The summed E-state index contributed by atoms with van der Waals surface area (Å²) in [6.45, 7) is 2.94. The summed E-state index contributed by atoms with van der Waals surface area (Å²) in [6, 6.07) is 14.5. The highest BCUT2D eigenvalue weighted by Gasteiger charge is 2.27. The first-order chi connectivity index (χ1) is 21.1. The molecule has 0 fully saturated rings. The lowest BCUT2D eigenvalue weighted by atomic mass is 9.96. The number of aromatic carboxylic acids is 1. The van der Waals surface area contributed by atoms with Crippen LogP contribution in [0, 0.1) is 0 Å². The van der Waals surface area contributed by atoms with E-state index in [2.05, 4.69) is 20.7 Å². The number of nitrogens with one attached hydrogen (secondary N) is 2. The third kappa shape index (κ3) is 5.15. The van der Waals surface area contributed by atoms with Gasteiger partial charge in [0.15, 0.2) is 5.65 Å². The number of hydrogen-bond acceptors (Lipinski definition) is 9. The molecule has 1 aliphatic rings. The maximum Gasteiger partial charge on any atom is 0.335 e. The monoisotopic (exact) mass is 593 g/mol. The van der Waals surface area contributed by atoms with Gasteiger partial charge in [0.05, 0.1) is 17.8 Å². The van der Waals surface area contributed by atoms with E-state index >= 15 is 0 Å². The molecular formula is C31H27N7O6. The number of carboxylic acids is 1. The third-order valence-corrected chi connectivity index (χ3v) is 7.80. The summed E-state index contributed by atoms with van der Waals surface area (Å²) in [5, 5.41) is 19.0. The summed E-state index contributed by atoms with van der Waals surface area (Å²) in [5.41, 5.74) is 9.02. The number of carbonyl (C=O) groups excluding carboxylic acids is 2. The summed E-state index contributed by atoms with van der Waals surface area (Å²) in [5.74, 6) is -2.03. The molecule has 0 unspecified atom stereocenters. The van der Waals surface area contributed by atoms with Crippen LogP contribution in [0.5, 0.6) is 0 Å². The zero-order valence-electron chi connectivity index (χ0n) is 23.5. The largest absolute Gasteiger partial charge is 0.478 e. The van der Waals surface area contributed by atoms with Crippen molar-refractivity contribution >= 4 is 34.8 Å². The fourth-order valence-corrected chi connectivity index (χ4v) is 5.35. The maximum atomic E-state index is 13.3. The molecule has 3 aromatic carbocycles. The standard InChI is InChI=1S/C31H27N7O6/c1-16(18-4-6-20(7-5-18)31(43)44)35-29(41)22-13-23(38-24(36-22)8-10-34-38)30(42)33-14-17-2-3-19-9-11-37(15-21(19)12-17)26-25(32)27(39)28(26)40/h2-8,10,12-13,16H,9,11,14-15,32H2,1H3,(H,33,42)(H,35,41)(H,43,44)/t16-/m0/s1. The number of benzene rings is 2. The van der Waals surface area contributed by atoms with Crippen LogP contribution in [0.15, 0.2) is 70.4 Å². The third-order valence-electron chi connectivity index (χ3n) is 7.80. The zero-order chi connectivity index (χ0) is 31.1. The van der Waals surface area contributed by atoms with Gasteiger partial charge >= 0.3 is 5.97 Å². The van der Waals surface area contributed by atoms with E-state index < -0.39 is 34.7 Å². The van der Waals surface area contributed by atoms with Crippen molar-refractivity contribution in [3.05, 3.63) is 120 Å². The number of nitrogens with zero attached hydrogens (tertiary/aromatic N) is 4. The Balaban J connectivity index is 1.16. The van der Waals surface area contributed by atoms with Crippen LogP contribution in [0.25, 0.3) is 5.65 Å². The molecule has 6 rings (SSSR count). The average molecular weight is 594 g/mol. The van der Waals surface area contributed by atoms with Gasteiger partial charge in [0.2, 0.25) is 0 Å². The molecule has 44 heavy (non-hydrogen) atoms. The number of fused-ring (bicyclic) bond motifs is 2. The number of nitrogen functional groups attached to an aromatic ring is 1. The van der Waals surface area contributed by atoms with E-state index in [1.807, 2.05) is 23.1 Å². The van der Waals surface area contributed by atoms with Gasteiger partial charge < -0.3 is 26.4 Å². The molecule has 0 bridgehead atoms. The minimum Gasteiger partial charge on any atom is -0.478 e. The summed E-state index contributed by atoms with van der Waals surface area (Å²) < 4.78 is 1.35. The Morgan fingerprint density at radius 1 is 1.00 bits per heavy atom. The molecule has 1 atom stereocenters. The Hall–Kier alpha value is -5.85. The first-order valence-corrected chi connectivity index (χ1v) is 13.8. The van der Waals surface area contributed by atoms with E-state index in [4.69, 9.17) is 10.8 Å². The molecule has 13 nitrogen and oxygen atoms in total. The van der Waals surface area contributed by atoms with Crippen LogP contribution in [-0.4, -0.2) is 44.0 Å². The Morgan fingerprint density at radius 2 is 1.77 bits per heavy atom. The van der Waals surface area contributed by atoms with Crippen LogP contribution >= 0.6 is 0 Å². The number of amides is 2. The predicted molar refractivity (Wildman–Crippen MR) is 160 cm³/mol. The predicted octanol–water partition coefficient (Wildman–Crippen LogP) is 1.59. The van der Waals surface area contributed by atoms with E-state index in [-0.39, 0.29) is 34.9 Å². The van der Waals surface area contributed by atoms with Gasteiger partial charge in [-0.2, -0.15) is 5.10 Å². The van der Waals surface area contributed by atoms with Crippen LogP contribution in [0.2, 0.25) is 0 Å². The molecule has 0 saturated carbocycles. The molecule has 0 spiro atoms. The molecule has 1 aliphatic heterocycles. The van der Waals surface area contributed by atoms with Crippen molar-refractivity contribution in [2.45, 2.75) is 32.5 Å². The van der Waals surface area contributed by atoms with Gasteiger partial charge in [-0.05, 0) is 47.7 Å². The number of carboxylic acid groups (broad SMARTS) is 1. The van der Waals surface area contributed by atoms with Crippen molar-refractivity contribution in [2.24, 2.45) is 0 Å². The molecule has 222 valence electrons. The fourth-order valence-electron chi connectivity index (χ4n) is 5.35. The molecular weight excluding hydrogens is 566 g/mol. The number of carbonyl (C=O) groups is 3. The first-order valence-electron chi connectivity index (χ1n) is 13.8. The van der Waals surface area contributed by atoms with Gasteiger partial charge in [-0.1, -0.05) is 30.3 Å². The van der Waals surface area contributed by atoms with Crippen molar-refractivity contribution in [1.29, 1.82) is 0 Å². The van der Waals surface area contributed by atoms with E-state index in [0.717, 1.165) is 16.7 Å². The van der Waals surface area contributed by atoms with E-state index in [9.17, 15) is 24.0 Å². The van der Waals surface area contributed by atoms with Crippen molar-refractivity contribution in [3.8, 4) is 0 Å². The highest BCUT2D eigenvalue weighted by atomic mass is 16.4. The van der Waals surface area contributed by atoms with Gasteiger partial charge in [0.25, 0.3) is 22.7 Å². The second kappa shape index (κ2) is 11.1. The lowest BCUT2D eigenvalue weighted by Crippen LogP contribution is -2.44. The van der Waals surface area contributed by atoms with Gasteiger partial charge in [-0.15, -0.1) is 0 Å². The van der Waals surface area contributed by atoms with E-state index in [1.165, 1.54) is 28.9 Å². The SMILES string of the molecule is C[C@H](NC(=O)c1cc(C(=O)NCc2ccc3c(c2)CN(c2c(N)c(=O)c2=O)CC3)n2nccc2n1)c1ccc(C(=O)O)cc1. The zero-order valence-corrected chi connectivity index (χ0v) is 23.5. The minimum atomic E-state index is -1.04. The quantitative estimate of drug-likeness (QED) is 0.192. The Morgan fingerprint density at radius 3 is 2.50 bits per heavy atom. The van der Waals surface area contributed by atoms with Crippen molar-refractivity contribution in [2.75, 3.05) is 17.2 Å². The van der Waals surface area contributed by atoms with E-state index in [1.54, 1.807) is 25.1 Å². The number of anilines is 2. The minimum absolute atomic E-state index is 0.000980.